The Balaban J connectivity index is 2.31. The van der Waals surface area contributed by atoms with E-state index >= 15 is 0 Å². The molecule has 69 valence electrons. The number of nitrogen functional groups attached to an aromatic ring is 1. The van der Waals surface area contributed by atoms with Gasteiger partial charge in [0.25, 0.3) is 5.91 Å². The lowest BCUT2D eigenvalue weighted by Gasteiger charge is -1.92. The largest absolute Gasteiger partial charge is 0.389 e. The molecule has 0 saturated heterocycles. The van der Waals surface area contributed by atoms with Crippen molar-refractivity contribution in [3.8, 4) is 0 Å². The van der Waals surface area contributed by atoms with Crippen LogP contribution in [0.25, 0.3) is 0 Å². The minimum atomic E-state index is -0.905. The van der Waals surface area contributed by atoms with Gasteiger partial charge in [0.15, 0.2) is 11.7 Å². The third kappa shape index (κ3) is 3.52. The maximum atomic E-state index is 10.1. The number of oxime groups is 1. The Kier molecular flexibility index (Phi) is 3.21. The smallest absolute Gasteiger partial charge is 0.284 e. The van der Waals surface area contributed by atoms with Crippen molar-refractivity contribution in [1.29, 1.82) is 0 Å². The predicted molar refractivity (Wildman–Crippen MR) is 47.9 cm³/mol. The molecule has 0 bridgehead atoms. The van der Waals surface area contributed by atoms with Crippen LogP contribution in [-0.4, -0.2) is 17.1 Å². The summed E-state index contributed by atoms with van der Waals surface area (Å²) in [7, 11) is 0. The molecule has 7 heteroatoms. The number of carbonyl (C=O) groups is 1. The molecule has 0 spiro atoms. The number of nitrogens with two attached hydrogens (primary N) is 1. The first-order valence-electron chi connectivity index (χ1n) is 3.29. The number of thiazole rings is 1. The SMILES string of the molecule is [NH]C(=O)C=NOCc1csc(N)n1. The first kappa shape index (κ1) is 9.46. The summed E-state index contributed by atoms with van der Waals surface area (Å²) in [4.78, 5) is 18.6. The molecule has 1 aromatic rings. The van der Waals surface area contributed by atoms with E-state index in [9.17, 15) is 4.79 Å². The van der Waals surface area contributed by atoms with E-state index in [0.29, 0.717) is 10.8 Å². The topological polar surface area (TPSA) is 101 Å². The second-order valence-corrected chi connectivity index (χ2v) is 2.94. The molecule has 1 radical (unpaired) electrons. The molecule has 0 aliphatic rings. The number of nitrogens with zero attached hydrogens (tertiary/aromatic N) is 2. The number of aromatic nitrogens is 1. The van der Waals surface area contributed by atoms with Gasteiger partial charge in [-0.3, -0.25) is 10.5 Å². The number of nitrogens with one attached hydrogen (secondary N) is 1. The number of rotatable bonds is 4. The average Bonchev–Trinajstić information content (AvgIpc) is 2.45. The van der Waals surface area contributed by atoms with Crippen LogP contribution in [0.1, 0.15) is 5.69 Å². The van der Waals surface area contributed by atoms with Crippen molar-refractivity contribution in [2.45, 2.75) is 6.61 Å². The van der Waals surface area contributed by atoms with Crippen LogP contribution in [0.15, 0.2) is 10.5 Å². The number of carbonyl (C=O) groups excluding carboxylic acids is 1. The van der Waals surface area contributed by atoms with Crippen LogP contribution in [-0.2, 0) is 16.2 Å². The van der Waals surface area contributed by atoms with Gasteiger partial charge in [0, 0.05) is 5.38 Å². The zero-order valence-electron chi connectivity index (χ0n) is 6.56. The monoisotopic (exact) mass is 199 g/mol. The Morgan fingerprint density at radius 3 is 3.23 bits per heavy atom. The molecule has 1 rings (SSSR count). The van der Waals surface area contributed by atoms with Gasteiger partial charge in [-0.05, 0) is 0 Å². The molecule has 0 unspecified atom stereocenters. The fraction of sp³-hybridized carbons (Fsp3) is 0.167. The van der Waals surface area contributed by atoms with Gasteiger partial charge >= 0.3 is 0 Å². The van der Waals surface area contributed by atoms with E-state index in [1.807, 2.05) is 0 Å². The average molecular weight is 199 g/mol. The zero-order valence-corrected chi connectivity index (χ0v) is 7.37. The van der Waals surface area contributed by atoms with Gasteiger partial charge in [-0.15, -0.1) is 11.3 Å². The van der Waals surface area contributed by atoms with Crippen LogP contribution in [0.4, 0.5) is 5.13 Å². The summed E-state index contributed by atoms with van der Waals surface area (Å²) >= 11 is 1.30. The van der Waals surface area contributed by atoms with Crippen LogP contribution in [0.3, 0.4) is 0 Å². The lowest BCUT2D eigenvalue weighted by Crippen LogP contribution is -1.99. The maximum absolute atomic E-state index is 10.1. The molecule has 0 aromatic carbocycles. The third-order valence-electron chi connectivity index (χ3n) is 1.03. The number of hydrogen-bond donors (Lipinski definition) is 1. The quantitative estimate of drug-likeness (QED) is 0.546. The van der Waals surface area contributed by atoms with Gasteiger partial charge in [-0.2, -0.15) is 0 Å². The van der Waals surface area contributed by atoms with Crippen LogP contribution in [0.2, 0.25) is 0 Å². The Morgan fingerprint density at radius 1 is 1.92 bits per heavy atom. The van der Waals surface area contributed by atoms with E-state index in [4.69, 9.17) is 11.5 Å². The second-order valence-electron chi connectivity index (χ2n) is 2.05. The summed E-state index contributed by atoms with van der Waals surface area (Å²) in [5.74, 6) is -0.905. The summed E-state index contributed by atoms with van der Waals surface area (Å²) in [5, 5.41) is 5.42. The highest BCUT2D eigenvalue weighted by molar-refractivity contribution is 7.13. The van der Waals surface area contributed by atoms with Gasteiger partial charge in [0.1, 0.15) is 6.21 Å². The van der Waals surface area contributed by atoms with E-state index in [2.05, 4.69) is 15.0 Å². The summed E-state index contributed by atoms with van der Waals surface area (Å²) in [6, 6.07) is 0. The molecule has 0 aliphatic heterocycles. The molecular formula is C6H7N4O2S. The zero-order chi connectivity index (χ0) is 9.68. The van der Waals surface area contributed by atoms with Crippen molar-refractivity contribution < 1.29 is 9.63 Å². The third-order valence-corrected chi connectivity index (χ3v) is 1.75. The Labute approximate surface area is 78.2 Å². The van der Waals surface area contributed by atoms with Gasteiger partial charge in [0.05, 0.1) is 5.69 Å². The lowest BCUT2D eigenvalue weighted by molar-refractivity contribution is -0.112. The maximum Gasteiger partial charge on any atom is 0.284 e. The Morgan fingerprint density at radius 2 is 2.69 bits per heavy atom. The van der Waals surface area contributed by atoms with Gasteiger partial charge < -0.3 is 10.6 Å². The van der Waals surface area contributed by atoms with Crippen molar-refractivity contribution >= 4 is 28.6 Å². The van der Waals surface area contributed by atoms with E-state index in [0.717, 1.165) is 6.21 Å². The van der Waals surface area contributed by atoms with Crippen molar-refractivity contribution in [2.24, 2.45) is 5.16 Å². The minimum Gasteiger partial charge on any atom is -0.389 e. The summed E-state index contributed by atoms with van der Waals surface area (Å²) < 4.78 is 0. The first-order valence-corrected chi connectivity index (χ1v) is 4.17. The van der Waals surface area contributed by atoms with Crippen molar-refractivity contribution in [1.82, 2.24) is 10.7 Å². The molecule has 13 heavy (non-hydrogen) atoms. The second kappa shape index (κ2) is 4.41. The van der Waals surface area contributed by atoms with Crippen LogP contribution in [0, 0.1) is 0 Å². The fourth-order valence-electron chi connectivity index (χ4n) is 0.577. The molecule has 1 heterocycles. The molecular weight excluding hydrogens is 192 g/mol. The van der Waals surface area contributed by atoms with Crippen LogP contribution < -0.4 is 11.5 Å². The highest BCUT2D eigenvalue weighted by atomic mass is 32.1. The number of anilines is 1. The molecule has 0 fully saturated rings. The summed E-state index contributed by atoms with van der Waals surface area (Å²) in [6.45, 7) is 0.150. The summed E-state index contributed by atoms with van der Waals surface area (Å²) in [6.07, 6.45) is 0.774. The van der Waals surface area contributed by atoms with E-state index in [1.54, 1.807) is 5.38 Å². The van der Waals surface area contributed by atoms with Crippen LogP contribution >= 0.6 is 11.3 Å². The molecule has 0 atom stereocenters. The number of hydrogen-bond acceptors (Lipinski definition) is 6. The fourth-order valence-corrected chi connectivity index (χ4v) is 1.12. The minimum absolute atomic E-state index is 0.150. The molecule has 6 nitrogen and oxygen atoms in total. The molecule has 3 N–H and O–H groups in total. The molecule has 1 aromatic heterocycles. The normalized spacial score (nSPS) is 10.5. The summed E-state index contributed by atoms with van der Waals surface area (Å²) in [5.41, 5.74) is 12.5. The molecule has 0 aliphatic carbocycles. The van der Waals surface area contributed by atoms with Crippen LogP contribution in [0.5, 0.6) is 0 Å². The van der Waals surface area contributed by atoms with Crippen molar-refractivity contribution in [2.75, 3.05) is 5.73 Å². The highest BCUT2D eigenvalue weighted by Gasteiger charge is 1.97. The lowest BCUT2D eigenvalue weighted by atomic mass is 10.5. The molecule has 0 saturated carbocycles. The van der Waals surface area contributed by atoms with Gasteiger partial charge in [-0.25, -0.2) is 4.98 Å². The predicted octanol–water partition coefficient (Wildman–Crippen LogP) is 0.0372. The van der Waals surface area contributed by atoms with E-state index < -0.39 is 5.91 Å². The van der Waals surface area contributed by atoms with Gasteiger partial charge in [0.2, 0.25) is 0 Å². The van der Waals surface area contributed by atoms with E-state index in [1.165, 1.54) is 11.3 Å². The van der Waals surface area contributed by atoms with Crippen molar-refractivity contribution in [3.63, 3.8) is 0 Å². The number of amides is 1. The van der Waals surface area contributed by atoms with E-state index in [-0.39, 0.29) is 6.61 Å². The molecule has 1 amide bonds. The standard InChI is InChI=1S/C6H7N4O2S/c7-5(11)1-9-12-2-4-3-13-6(8)10-4/h1,3,7H,2H2,(H2,8,10). The first-order chi connectivity index (χ1) is 6.18. The van der Waals surface area contributed by atoms with Gasteiger partial charge in [-0.1, -0.05) is 5.16 Å². The highest BCUT2D eigenvalue weighted by Crippen LogP contribution is 2.11. The Hall–Kier alpha value is -1.63. The Bertz CT molecular complexity index is 322. The van der Waals surface area contributed by atoms with Crippen molar-refractivity contribution in [3.05, 3.63) is 11.1 Å².